The number of ether oxygens (including phenoxy) is 1. The van der Waals surface area contributed by atoms with Crippen LogP contribution in [-0.2, 0) is 9.53 Å². The molecular weight excluding hydrogens is 218 g/mol. The Morgan fingerprint density at radius 1 is 1.60 bits per heavy atom. The summed E-state index contributed by atoms with van der Waals surface area (Å²) >= 11 is 0. The minimum atomic E-state index is -0.600. The first kappa shape index (κ1) is 14.2. The van der Waals surface area contributed by atoms with E-state index in [1.54, 1.807) is 6.92 Å². The predicted molar refractivity (Wildman–Crippen MR) is 58.4 cm³/mol. The lowest BCUT2D eigenvalue weighted by Gasteiger charge is -2.31. The quantitative estimate of drug-likeness (QED) is 0.521. The normalized spacial score (nSPS) is 25.8. The highest BCUT2D eigenvalue weighted by atomic mass is 35.5. The molecule has 1 fully saturated rings. The first-order chi connectivity index (χ1) is 6.65. The molecule has 15 heavy (non-hydrogen) atoms. The zero-order chi connectivity index (χ0) is 10.6. The van der Waals surface area contributed by atoms with Gasteiger partial charge in [-0.25, -0.2) is 0 Å². The molecule has 1 N–H and O–H groups in total. The first-order valence-electron chi connectivity index (χ1n) is 4.64. The highest BCUT2D eigenvalue weighted by Gasteiger charge is 2.32. The number of piperidine rings is 1. The van der Waals surface area contributed by atoms with E-state index in [4.69, 9.17) is 0 Å². The fourth-order valence-electron chi connectivity index (χ4n) is 1.51. The van der Waals surface area contributed by atoms with Gasteiger partial charge in [-0.3, -0.25) is 4.79 Å². The highest BCUT2D eigenvalue weighted by Crippen LogP contribution is 2.17. The van der Waals surface area contributed by atoms with Crippen molar-refractivity contribution in [3.05, 3.63) is 0 Å². The van der Waals surface area contributed by atoms with Gasteiger partial charge in [0.2, 0.25) is 0 Å². The maximum atomic E-state index is 11.4. The third-order valence-electron chi connectivity index (χ3n) is 2.34. The largest absolute Gasteiger partial charge is 0.392 e. The summed E-state index contributed by atoms with van der Waals surface area (Å²) in [6, 6.07) is 0. The fraction of sp³-hybridized carbons (Fsp3) is 0.700. The summed E-state index contributed by atoms with van der Waals surface area (Å²) < 4.78 is 4.66. The molecule has 1 aliphatic rings. The molecule has 1 aliphatic heterocycles. The van der Waals surface area contributed by atoms with Crippen molar-refractivity contribution in [2.75, 3.05) is 20.1 Å². The van der Waals surface area contributed by atoms with Crippen LogP contribution in [0.1, 0.15) is 13.3 Å². The van der Waals surface area contributed by atoms with E-state index in [0.29, 0.717) is 13.0 Å². The predicted octanol–water partition coefficient (Wildman–Crippen LogP) is 0.245. The van der Waals surface area contributed by atoms with E-state index in [1.165, 1.54) is 0 Å². The molecule has 5 heteroatoms. The third-order valence-corrected chi connectivity index (χ3v) is 2.34. The van der Waals surface area contributed by atoms with Crippen LogP contribution in [0.5, 0.6) is 0 Å². The number of carbonyl (C=O) groups excluding carboxylic acids is 1. The Balaban J connectivity index is 0.00000196. The Morgan fingerprint density at radius 3 is 2.87 bits per heavy atom. The van der Waals surface area contributed by atoms with Crippen LogP contribution >= 0.6 is 12.4 Å². The number of rotatable bonds is 1. The molecule has 2 unspecified atom stereocenters. The average molecular weight is 234 g/mol. The Labute approximate surface area is 96.0 Å². The van der Waals surface area contributed by atoms with Gasteiger partial charge in [0.15, 0.2) is 0 Å². The number of likely N-dealkylation sites (tertiary alicyclic amines) is 1. The van der Waals surface area contributed by atoms with Crippen LogP contribution in [0.3, 0.4) is 0 Å². The lowest BCUT2D eigenvalue weighted by molar-refractivity contribution is -0.148. The molecule has 0 bridgehead atoms. The number of halogens is 1. The second-order valence-corrected chi connectivity index (χ2v) is 3.50. The van der Waals surface area contributed by atoms with Crippen LogP contribution in [0.4, 0.5) is 0 Å². The first-order valence-corrected chi connectivity index (χ1v) is 4.64. The van der Waals surface area contributed by atoms with Crippen LogP contribution in [0.25, 0.3) is 0 Å². The standard InChI is InChI=1S/C10H15NO3.ClH/c1-3-6-14-10(13)8-7-11(2)5-4-9(8)12;/h8-9,12H,4-5,7H2,1-2H3;1H. The van der Waals surface area contributed by atoms with E-state index in [9.17, 15) is 9.90 Å². The van der Waals surface area contributed by atoms with Gasteiger partial charge >= 0.3 is 5.97 Å². The fourth-order valence-corrected chi connectivity index (χ4v) is 1.51. The molecule has 0 saturated carbocycles. The van der Waals surface area contributed by atoms with Crippen molar-refractivity contribution in [1.29, 1.82) is 0 Å². The summed E-state index contributed by atoms with van der Waals surface area (Å²) in [7, 11) is 1.91. The number of aliphatic hydroxyl groups excluding tert-OH is 1. The summed E-state index contributed by atoms with van der Waals surface area (Å²) in [5.41, 5.74) is 0. The van der Waals surface area contributed by atoms with Gasteiger partial charge in [-0.05, 0) is 13.5 Å². The molecule has 0 aromatic carbocycles. The zero-order valence-corrected chi connectivity index (χ0v) is 9.71. The maximum Gasteiger partial charge on any atom is 0.326 e. The van der Waals surface area contributed by atoms with Gasteiger partial charge < -0.3 is 14.7 Å². The molecule has 2 atom stereocenters. The van der Waals surface area contributed by atoms with E-state index in [1.807, 2.05) is 11.9 Å². The van der Waals surface area contributed by atoms with Crippen molar-refractivity contribution >= 4 is 18.4 Å². The van der Waals surface area contributed by atoms with E-state index in [0.717, 1.165) is 6.54 Å². The SMILES string of the molecule is CC#COC(=O)C1CN(C)CCC1O.Cl. The topological polar surface area (TPSA) is 49.8 Å². The molecule has 4 nitrogen and oxygen atoms in total. The Kier molecular flexibility index (Phi) is 6.34. The van der Waals surface area contributed by atoms with Crippen LogP contribution in [0.15, 0.2) is 0 Å². The van der Waals surface area contributed by atoms with Crippen LogP contribution < -0.4 is 0 Å². The summed E-state index contributed by atoms with van der Waals surface area (Å²) in [4.78, 5) is 13.4. The van der Waals surface area contributed by atoms with E-state index in [-0.39, 0.29) is 12.4 Å². The van der Waals surface area contributed by atoms with Crippen LogP contribution in [-0.4, -0.2) is 42.2 Å². The summed E-state index contributed by atoms with van der Waals surface area (Å²) in [5, 5.41) is 9.58. The lowest BCUT2D eigenvalue weighted by atomic mass is 9.95. The highest BCUT2D eigenvalue weighted by molar-refractivity contribution is 5.85. The minimum absolute atomic E-state index is 0. The number of hydrogen-bond donors (Lipinski definition) is 1. The second kappa shape index (κ2) is 6.67. The van der Waals surface area contributed by atoms with Gasteiger partial charge in [0.05, 0.1) is 12.0 Å². The number of carbonyl (C=O) groups is 1. The molecule has 1 saturated heterocycles. The number of aliphatic hydroxyl groups is 1. The van der Waals surface area contributed by atoms with Crippen molar-refractivity contribution in [3.63, 3.8) is 0 Å². The Morgan fingerprint density at radius 2 is 2.27 bits per heavy atom. The third kappa shape index (κ3) is 4.08. The molecule has 86 valence electrons. The van der Waals surface area contributed by atoms with Crippen LogP contribution in [0, 0.1) is 17.9 Å². The molecule has 0 spiro atoms. The second-order valence-electron chi connectivity index (χ2n) is 3.50. The molecule has 0 aromatic rings. The summed E-state index contributed by atoms with van der Waals surface area (Å²) in [6.45, 7) is 2.94. The van der Waals surface area contributed by atoms with Gasteiger partial charge in [0.1, 0.15) is 6.11 Å². The summed E-state index contributed by atoms with van der Waals surface area (Å²) in [5.74, 6) is 1.58. The van der Waals surface area contributed by atoms with Gasteiger partial charge in [-0.15, -0.1) is 12.4 Å². The maximum absolute atomic E-state index is 11.4. The number of nitrogens with zero attached hydrogens (tertiary/aromatic N) is 1. The zero-order valence-electron chi connectivity index (χ0n) is 8.90. The number of esters is 1. The molecule has 1 heterocycles. The smallest absolute Gasteiger partial charge is 0.326 e. The Bertz CT molecular complexity index is 272. The van der Waals surface area contributed by atoms with Crippen molar-refractivity contribution in [1.82, 2.24) is 4.90 Å². The molecule has 0 aliphatic carbocycles. The van der Waals surface area contributed by atoms with Crippen LogP contribution in [0.2, 0.25) is 0 Å². The Hall–Kier alpha value is -0.760. The van der Waals surface area contributed by atoms with E-state index in [2.05, 4.69) is 16.8 Å². The van der Waals surface area contributed by atoms with E-state index < -0.39 is 18.0 Å². The van der Waals surface area contributed by atoms with Gasteiger partial charge in [-0.2, -0.15) is 0 Å². The number of hydrogen-bond acceptors (Lipinski definition) is 4. The molecule has 0 amide bonds. The van der Waals surface area contributed by atoms with E-state index >= 15 is 0 Å². The minimum Gasteiger partial charge on any atom is -0.392 e. The van der Waals surface area contributed by atoms with Crippen molar-refractivity contribution in [3.8, 4) is 12.0 Å². The average Bonchev–Trinajstić information content (AvgIpc) is 2.18. The van der Waals surface area contributed by atoms with Gasteiger partial charge in [-0.1, -0.05) is 5.92 Å². The summed E-state index contributed by atoms with van der Waals surface area (Å²) in [6.07, 6.45) is 2.26. The molecule has 0 radical (unpaired) electrons. The van der Waals surface area contributed by atoms with Gasteiger partial charge in [0, 0.05) is 20.0 Å². The molecule has 1 rings (SSSR count). The monoisotopic (exact) mass is 233 g/mol. The van der Waals surface area contributed by atoms with Crippen molar-refractivity contribution < 1.29 is 14.6 Å². The van der Waals surface area contributed by atoms with Gasteiger partial charge in [0.25, 0.3) is 0 Å². The molecule has 0 aromatic heterocycles. The lowest BCUT2D eigenvalue weighted by Crippen LogP contribution is -2.45. The van der Waals surface area contributed by atoms with Crippen molar-refractivity contribution in [2.24, 2.45) is 5.92 Å². The molecular formula is C10H16ClNO3. The van der Waals surface area contributed by atoms with Crippen molar-refractivity contribution in [2.45, 2.75) is 19.4 Å².